The van der Waals surface area contributed by atoms with Crippen LogP contribution in [0.25, 0.3) is 11.5 Å². The van der Waals surface area contributed by atoms with Crippen LogP contribution in [-0.2, 0) is 11.2 Å². The largest absolute Gasteiger partial charge is 0.378 e. The van der Waals surface area contributed by atoms with Crippen molar-refractivity contribution in [3.63, 3.8) is 0 Å². The fourth-order valence-electron chi connectivity index (χ4n) is 2.15. The molecule has 2 aromatic heterocycles. The molecule has 0 radical (unpaired) electrons. The minimum atomic E-state index is 0.166. The second-order valence-corrected chi connectivity index (χ2v) is 4.48. The molecule has 0 spiro atoms. The maximum Gasteiger partial charge on any atom is 0.262 e. The topological polar surface area (TPSA) is 101 Å². The Morgan fingerprint density at radius 3 is 3.21 bits per heavy atom. The highest BCUT2D eigenvalue weighted by molar-refractivity contribution is 5.58. The van der Waals surface area contributed by atoms with Crippen molar-refractivity contribution in [2.24, 2.45) is 0 Å². The van der Waals surface area contributed by atoms with Gasteiger partial charge in [0.1, 0.15) is 11.8 Å². The van der Waals surface area contributed by atoms with Crippen molar-refractivity contribution >= 4 is 0 Å². The Balaban J connectivity index is 1.74. The zero-order chi connectivity index (χ0) is 13.1. The third-order valence-electron chi connectivity index (χ3n) is 3.13. The van der Waals surface area contributed by atoms with E-state index in [9.17, 15) is 0 Å². The average Bonchev–Trinajstić information content (AvgIpc) is 3.07. The summed E-state index contributed by atoms with van der Waals surface area (Å²) >= 11 is 0. The Morgan fingerprint density at radius 1 is 1.47 bits per heavy atom. The number of nitrogens with one attached hydrogen (secondary N) is 1. The molecule has 98 valence electrons. The molecule has 1 aliphatic heterocycles. The Kier molecular flexibility index (Phi) is 3.25. The second-order valence-electron chi connectivity index (χ2n) is 4.48. The summed E-state index contributed by atoms with van der Waals surface area (Å²) in [6, 6.07) is 1.99. The van der Waals surface area contributed by atoms with Gasteiger partial charge in [-0.05, 0) is 19.3 Å². The predicted molar refractivity (Wildman–Crippen MR) is 63.9 cm³/mol. The zero-order valence-electron chi connectivity index (χ0n) is 10.3. The quantitative estimate of drug-likeness (QED) is 0.895. The molecule has 1 N–H and O–H groups in total. The fourth-order valence-corrected chi connectivity index (χ4v) is 2.15. The molecule has 1 saturated heterocycles. The van der Waals surface area contributed by atoms with Crippen molar-refractivity contribution in [2.45, 2.75) is 31.8 Å². The van der Waals surface area contributed by atoms with Gasteiger partial charge in [0.25, 0.3) is 5.89 Å². The van der Waals surface area contributed by atoms with E-state index in [1.54, 1.807) is 0 Å². The van der Waals surface area contributed by atoms with E-state index >= 15 is 0 Å². The van der Waals surface area contributed by atoms with Crippen molar-refractivity contribution in [2.75, 3.05) is 6.61 Å². The van der Waals surface area contributed by atoms with Crippen LogP contribution in [0.1, 0.15) is 30.8 Å². The van der Waals surface area contributed by atoms with Gasteiger partial charge in [-0.1, -0.05) is 5.16 Å². The maximum atomic E-state index is 8.91. The number of aromatic amines is 1. The van der Waals surface area contributed by atoms with Crippen LogP contribution in [0.5, 0.6) is 0 Å². The molecule has 3 heterocycles. The number of ether oxygens (including phenoxy) is 1. The normalized spacial score (nSPS) is 19.2. The van der Waals surface area contributed by atoms with E-state index in [1.165, 1.54) is 12.6 Å². The van der Waals surface area contributed by atoms with Gasteiger partial charge < -0.3 is 9.26 Å². The van der Waals surface area contributed by atoms with Crippen LogP contribution < -0.4 is 0 Å². The molecule has 1 unspecified atom stereocenters. The second kappa shape index (κ2) is 5.20. The predicted octanol–water partition coefficient (Wildman–Crippen LogP) is 1.44. The Hall–Kier alpha value is -2.20. The first kappa shape index (κ1) is 11.9. The highest BCUT2D eigenvalue weighted by Gasteiger charge is 2.19. The number of H-pyrrole nitrogens is 1. The van der Waals surface area contributed by atoms with Gasteiger partial charge in [0.2, 0.25) is 0 Å². The summed E-state index contributed by atoms with van der Waals surface area (Å²) in [5.74, 6) is 0.920. The Bertz CT molecular complexity index is 591. The molecule has 3 rings (SSSR count). The smallest absolute Gasteiger partial charge is 0.262 e. The molecular weight excluding hydrogens is 246 g/mol. The molecule has 1 atom stereocenters. The average molecular weight is 259 g/mol. The summed E-state index contributed by atoms with van der Waals surface area (Å²) in [6.45, 7) is 0.801. The van der Waals surface area contributed by atoms with Gasteiger partial charge in [-0.3, -0.25) is 5.10 Å². The van der Waals surface area contributed by atoms with Gasteiger partial charge in [0.05, 0.1) is 17.9 Å². The summed E-state index contributed by atoms with van der Waals surface area (Å²) in [5, 5.41) is 19.2. The van der Waals surface area contributed by atoms with E-state index in [0.717, 1.165) is 19.4 Å². The lowest BCUT2D eigenvalue weighted by Gasteiger charge is -2.20. The summed E-state index contributed by atoms with van der Waals surface area (Å²) in [7, 11) is 0. The Labute approximate surface area is 109 Å². The summed E-state index contributed by atoms with van der Waals surface area (Å²) in [5.41, 5.74) is 0.856. The molecule has 19 heavy (non-hydrogen) atoms. The standard InChI is InChI=1S/C12H13N5O2/c13-6-10-9(7-14-16-10)12-15-11(17-19-12)5-8-3-1-2-4-18-8/h7-8H,1-5H2,(H,14,16). The summed E-state index contributed by atoms with van der Waals surface area (Å²) in [4.78, 5) is 4.29. The fraction of sp³-hybridized carbons (Fsp3) is 0.500. The van der Waals surface area contributed by atoms with Crippen molar-refractivity contribution in [3.8, 4) is 17.5 Å². The number of hydrogen-bond acceptors (Lipinski definition) is 6. The van der Waals surface area contributed by atoms with Gasteiger partial charge in [0.15, 0.2) is 5.82 Å². The number of nitriles is 1. The van der Waals surface area contributed by atoms with E-state index in [4.69, 9.17) is 14.5 Å². The van der Waals surface area contributed by atoms with Crippen LogP contribution in [0.3, 0.4) is 0 Å². The van der Waals surface area contributed by atoms with E-state index in [-0.39, 0.29) is 6.10 Å². The lowest BCUT2D eigenvalue weighted by Crippen LogP contribution is -2.21. The van der Waals surface area contributed by atoms with Crippen LogP contribution in [0.15, 0.2) is 10.7 Å². The van der Waals surface area contributed by atoms with Crippen LogP contribution in [-0.4, -0.2) is 33.0 Å². The van der Waals surface area contributed by atoms with Gasteiger partial charge >= 0.3 is 0 Å². The number of aromatic nitrogens is 4. The number of nitrogens with zero attached hydrogens (tertiary/aromatic N) is 4. The van der Waals surface area contributed by atoms with Gasteiger partial charge in [0, 0.05) is 13.0 Å². The van der Waals surface area contributed by atoms with Gasteiger partial charge in [-0.2, -0.15) is 15.3 Å². The minimum Gasteiger partial charge on any atom is -0.378 e. The molecule has 7 heteroatoms. The van der Waals surface area contributed by atoms with Crippen LogP contribution in [0, 0.1) is 11.3 Å². The van der Waals surface area contributed by atoms with E-state index in [1.807, 2.05) is 6.07 Å². The zero-order valence-corrected chi connectivity index (χ0v) is 10.3. The molecule has 0 aliphatic carbocycles. The van der Waals surface area contributed by atoms with Gasteiger partial charge in [-0.15, -0.1) is 0 Å². The number of rotatable bonds is 3. The molecule has 2 aromatic rings. The third kappa shape index (κ3) is 2.48. The molecule has 7 nitrogen and oxygen atoms in total. The van der Waals surface area contributed by atoms with E-state index < -0.39 is 0 Å². The lowest BCUT2D eigenvalue weighted by molar-refractivity contribution is 0.0153. The molecule has 0 aromatic carbocycles. The van der Waals surface area contributed by atoms with Crippen molar-refractivity contribution in [1.82, 2.24) is 20.3 Å². The monoisotopic (exact) mass is 259 g/mol. The summed E-state index contributed by atoms with van der Waals surface area (Å²) in [6.07, 6.45) is 5.64. The van der Waals surface area contributed by atoms with Gasteiger partial charge in [-0.25, -0.2) is 0 Å². The van der Waals surface area contributed by atoms with Crippen molar-refractivity contribution < 1.29 is 9.26 Å². The van der Waals surface area contributed by atoms with E-state index in [0.29, 0.717) is 29.4 Å². The molecular formula is C12H13N5O2. The molecule has 0 amide bonds. The van der Waals surface area contributed by atoms with Crippen LogP contribution in [0.4, 0.5) is 0 Å². The first-order valence-electron chi connectivity index (χ1n) is 6.25. The lowest BCUT2D eigenvalue weighted by atomic mass is 10.1. The minimum absolute atomic E-state index is 0.166. The first-order valence-corrected chi connectivity index (χ1v) is 6.25. The number of hydrogen-bond donors (Lipinski definition) is 1. The Morgan fingerprint density at radius 2 is 2.42 bits per heavy atom. The first-order chi connectivity index (χ1) is 9.36. The highest BCUT2D eigenvalue weighted by atomic mass is 16.5. The van der Waals surface area contributed by atoms with Crippen LogP contribution >= 0.6 is 0 Å². The summed E-state index contributed by atoms with van der Waals surface area (Å²) < 4.78 is 10.8. The SMILES string of the molecule is N#Cc1[nH]ncc1-c1nc(CC2CCCCO2)no1. The maximum absolute atomic E-state index is 8.91. The van der Waals surface area contributed by atoms with E-state index in [2.05, 4.69) is 20.3 Å². The molecule has 1 aliphatic rings. The molecule has 0 saturated carbocycles. The van der Waals surface area contributed by atoms with Crippen molar-refractivity contribution in [1.29, 1.82) is 5.26 Å². The third-order valence-corrected chi connectivity index (χ3v) is 3.13. The molecule has 1 fully saturated rings. The van der Waals surface area contributed by atoms with Crippen LogP contribution in [0.2, 0.25) is 0 Å². The van der Waals surface area contributed by atoms with Crippen molar-refractivity contribution in [3.05, 3.63) is 17.7 Å². The molecule has 0 bridgehead atoms. The highest BCUT2D eigenvalue weighted by Crippen LogP contribution is 2.21.